The van der Waals surface area contributed by atoms with Gasteiger partial charge in [0, 0.05) is 22.5 Å². The fraction of sp³-hybridized carbons (Fsp3) is 0.300. The van der Waals surface area contributed by atoms with Crippen molar-refractivity contribution in [3.8, 4) is 0 Å². The minimum absolute atomic E-state index is 0.0576. The first-order valence-electron chi connectivity index (χ1n) is 7.79. The highest BCUT2D eigenvalue weighted by Crippen LogP contribution is 2.40. The van der Waals surface area contributed by atoms with E-state index in [-0.39, 0.29) is 5.41 Å². The summed E-state index contributed by atoms with van der Waals surface area (Å²) in [6.07, 6.45) is 4.53. The molecule has 0 saturated carbocycles. The molecule has 0 aliphatic rings. The predicted molar refractivity (Wildman–Crippen MR) is 90.8 cm³/mol. The Labute approximate surface area is 127 Å². The average molecular weight is 277 g/mol. The maximum atomic E-state index is 3.49. The van der Waals surface area contributed by atoms with Crippen molar-refractivity contribution in [1.29, 1.82) is 0 Å². The van der Waals surface area contributed by atoms with Crippen molar-refractivity contribution in [2.45, 2.75) is 39.0 Å². The second kappa shape index (κ2) is 5.40. The quantitative estimate of drug-likeness (QED) is 0.640. The van der Waals surface area contributed by atoms with E-state index in [9.17, 15) is 0 Å². The Balaban J connectivity index is 2.23. The number of hydrogen-bond acceptors (Lipinski definition) is 0. The predicted octanol–water partition coefficient (Wildman–Crippen LogP) is 5.58. The lowest BCUT2D eigenvalue weighted by atomic mass is 9.73. The Kier molecular flexibility index (Phi) is 3.59. The van der Waals surface area contributed by atoms with Crippen LogP contribution in [0.3, 0.4) is 0 Å². The summed E-state index contributed by atoms with van der Waals surface area (Å²) in [5.74, 6) is 0. The van der Waals surface area contributed by atoms with Gasteiger partial charge in [-0.15, -0.1) is 0 Å². The van der Waals surface area contributed by atoms with E-state index in [0.717, 1.165) is 6.42 Å². The third-order valence-electron chi connectivity index (χ3n) is 4.68. The van der Waals surface area contributed by atoms with E-state index in [4.69, 9.17) is 0 Å². The summed E-state index contributed by atoms with van der Waals surface area (Å²) >= 11 is 0. The molecule has 0 saturated heterocycles. The minimum atomic E-state index is 0.0576. The van der Waals surface area contributed by atoms with Gasteiger partial charge in [-0.2, -0.15) is 0 Å². The molecule has 1 heteroatoms. The third kappa shape index (κ3) is 2.27. The van der Waals surface area contributed by atoms with Crippen LogP contribution < -0.4 is 0 Å². The highest BCUT2D eigenvalue weighted by molar-refractivity contribution is 5.87. The minimum Gasteiger partial charge on any atom is -0.361 e. The van der Waals surface area contributed by atoms with E-state index in [1.807, 2.05) is 0 Å². The monoisotopic (exact) mass is 277 g/mol. The lowest BCUT2D eigenvalue weighted by Crippen LogP contribution is -2.23. The number of para-hydroxylation sites is 1. The molecule has 0 aliphatic heterocycles. The summed E-state index contributed by atoms with van der Waals surface area (Å²) in [7, 11) is 0. The zero-order valence-electron chi connectivity index (χ0n) is 13.1. The molecule has 1 N–H and O–H groups in total. The van der Waals surface area contributed by atoms with Gasteiger partial charge in [-0.25, -0.2) is 0 Å². The van der Waals surface area contributed by atoms with E-state index >= 15 is 0 Å². The Morgan fingerprint density at radius 3 is 2.48 bits per heavy atom. The maximum Gasteiger partial charge on any atom is 0.0486 e. The molecule has 2 aromatic carbocycles. The van der Waals surface area contributed by atoms with Crippen LogP contribution in [0.15, 0.2) is 54.7 Å². The maximum absolute atomic E-state index is 3.49. The molecule has 21 heavy (non-hydrogen) atoms. The van der Waals surface area contributed by atoms with Crippen molar-refractivity contribution in [1.82, 2.24) is 4.98 Å². The van der Waals surface area contributed by atoms with Crippen LogP contribution in [0.2, 0.25) is 0 Å². The van der Waals surface area contributed by atoms with Crippen LogP contribution in [-0.2, 0) is 5.41 Å². The lowest BCUT2D eigenvalue weighted by Gasteiger charge is -2.30. The Morgan fingerprint density at radius 2 is 1.76 bits per heavy atom. The van der Waals surface area contributed by atoms with Crippen LogP contribution in [0.1, 0.15) is 43.4 Å². The second-order valence-corrected chi connectivity index (χ2v) is 6.15. The molecule has 0 aliphatic carbocycles. The Hall–Kier alpha value is -2.02. The SMILES string of the molecule is CCCC(C)(c1ccccc1)c1c[nH]c2c(C)cccc12. The molecule has 1 atom stereocenters. The second-order valence-electron chi connectivity index (χ2n) is 6.15. The summed E-state index contributed by atoms with van der Waals surface area (Å²) in [5, 5.41) is 1.36. The highest BCUT2D eigenvalue weighted by atomic mass is 14.7. The zero-order chi connectivity index (χ0) is 14.9. The molecule has 0 amide bonds. The Morgan fingerprint density at radius 1 is 1.00 bits per heavy atom. The van der Waals surface area contributed by atoms with Crippen LogP contribution in [0.25, 0.3) is 10.9 Å². The van der Waals surface area contributed by atoms with E-state index in [0.29, 0.717) is 0 Å². The van der Waals surface area contributed by atoms with Gasteiger partial charge >= 0.3 is 0 Å². The number of rotatable bonds is 4. The zero-order valence-corrected chi connectivity index (χ0v) is 13.1. The fourth-order valence-corrected chi connectivity index (χ4v) is 3.50. The first-order chi connectivity index (χ1) is 10.2. The van der Waals surface area contributed by atoms with Gasteiger partial charge in [-0.05, 0) is 30.0 Å². The van der Waals surface area contributed by atoms with Gasteiger partial charge in [0.1, 0.15) is 0 Å². The van der Waals surface area contributed by atoms with Gasteiger partial charge in [0.2, 0.25) is 0 Å². The number of fused-ring (bicyclic) bond motifs is 1. The van der Waals surface area contributed by atoms with Crippen molar-refractivity contribution >= 4 is 10.9 Å². The molecule has 1 aromatic heterocycles. The first kappa shape index (κ1) is 13.9. The topological polar surface area (TPSA) is 15.8 Å². The highest BCUT2D eigenvalue weighted by Gasteiger charge is 2.30. The molecular formula is C20H23N. The van der Waals surface area contributed by atoms with E-state index in [1.165, 1.54) is 34.0 Å². The summed E-state index contributed by atoms with van der Waals surface area (Å²) in [4.78, 5) is 3.49. The molecule has 1 heterocycles. The summed E-state index contributed by atoms with van der Waals surface area (Å²) in [6.45, 7) is 6.81. The van der Waals surface area contributed by atoms with Crippen LogP contribution in [0.5, 0.6) is 0 Å². The number of aryl methyl sites for hydroxylation is 1. The first-order valence-corrected chi connectivity index (χ1v) is 7.79. The smallest absolute Gasteiger partial charge is 0.0486 e. The number of hydrogen-bond donors (Lipinski definition) is 1. The molecule has 3 aromatic rings. The van der Waals surface area contributed by atoms with Gasteiger partial charge in [0.15, 0.2) is 0 Å². The van der Waals surface area contributed by atoms with Gasteiger partial charge in [-0.3, -0.25) is 0 Å². The number of aromatic nitrogens is 1. The number of benzene rings is 2. The van der Waals surface area contributed by atoms with Crippen molar-refractivity contribution in [2.75, 3.05) is 0 Å². The molecule has 0 spiro atoms. The normalized spacial score (nSPS) is 14.2. The number of nitrogens with one attached hydrogen (secondary N) is 1. The third-order valence-corrected chi connectivity index (χ3v) is 4.68. The van der Waals surface area contributed by atoms with Crippen LogP contribution in [-0.4, -0.2) is 4.98 Å². The molecule has 0 fully saturated rings. The summed E-state index contributed by atoms with van der Waals surface area (Å²) < 4.78 is 0. The van der Waals surface area contributed by atoms with Gasteiger partial charge in [0.25, 0.3) is 0 Å². The molecule has 1 nitrogen and oxygen atoms in total. The van der Waals surface area contributed by atoms with E-state index in [1.54, 1.807) is 0 Å². The lowest BCUT2D eigenvalue weighted by molar-refractivity contribution is 0.515. The van der Waals surface area contributed by atoms with Crippen LogP contribution in [0.4, 0.5) is 0 Å². The summed E-state index contributed by atoms with van der Waals surface area (Å²) in [6, 6.07) is 17.5. The van der Waals surface area contributed by atoms with Crippen molar-refractivity contribution < 1.29 is 0 Å². The van der Waals surface area contributed by atoms with Crippen molar-refractivity contribution in [2.24, 2.45) is 0 Å². The average Bonchev–Trinajstić information content (AvgIpc) is 2.94. The standard InChI is InChI=1S/C20H23N/c1-4-13-20(3,16-10-6-5-7-11-16)18-14-21-19-15(2)9-8-12-17(18)19/h5-12,14,21H,4,13H2,1-3H3. The molecule has 0 bridgehead atoms. The molecular weight excluding hydrogens is 254 g/mol. The van der Waals surface area contributed by atoms with Gasteiger partial charge in [-0.1, -0.05) is 68.8 Å². The number of H-pyrrole nitrogens is 1. The van der Waals surface area contributed by atoms with Crippen LogP contribution >= 0.6 is 0 Å². The van der Waals surface area contributed by atoms with Crippen LogP contribution in [0, 0.1) is 6.92 Å². The molecule has 1 unspecified atom stereocenters. The van der Waals surface area contributed by atoms with E-state index in [2.05, 4.69) is 80.5 Å². The van der Waals surface area contributed by atoms with Crippen molar-refractivity contribution in [3.05, 3.63) is 71.4 Å². The summed E-state index contributed by atoms with van der Waals surface area (Å²) in [5.41, 5.74) is 5.45. The van der Waals surface area contributed by atoms with E-state index < -0.39 is 0 Å². The molecule has 0 radical (unpaired) electrons. The molecule has 108 valence electrons. The van der Waals surface area contributed by atoms with Gasteiger partial charge < -0.3 is 4.98 Å². The van der Waals surface area contributed by atoms with Gasteiger partial charge in [0.05, 0.1) is 0 Å². The van der Waals surface area contributed by atoms with Crippen molar-refractivity contribution in [3.63, 3.8) is 0 Å². The largest absolute Gasteiger partial charge is 0.361 e. The number of aromatic amines is 1. The fourth-order valence-electron chi connectivity index (χ4n) is 3.50. The molecule has 3 rings (SSSR count). The Bertz CT molecular complexity index is 739.